The Labute approximate surface area is 197 Å². The predicted molar refractivity (Wildman–Crippen MR) is 127 cm³/mol. The van der Waals surface area contributed by atoms with Crippen molar-refractivity contribution in [1.29, 1.82) is 0 Å². The number of amides is 2. The van der Waals surface area contributed by atoms with Gasteiger partial charge in [-0.05, 0) is 73.8 Å². The molecule has 1 atom stereocenters. The number of rotatable bonds is 8. The van der Waals surface area contributed by atoms with Crippen molar-refractivity contribution in [2.24, 2.45) is 29.1 Å². The van der Waals surface area contributed by atoms with E-state index in [9.17, 15) is 18.0 Å². The van der Waals surface area contributed by atoms with Crippen LogP contribution in [0.1, 0.15) is 57.9 Å². The average molecular weight is 476 g/mol. The Morgan fingerprint density at radius 1 is 1.03 bits per heavy atom. The fourth-order valence-electron chi connectivity index (χ4n) is 6.61. The molecular weight excluding hydrogens is 438 g/mol. The van der Waals surface area contributed by atoms with Gasteiger partial charge in [-0.15, -0.1) is 0 Å². The van der Waals surface area contributed by atoms with E-state index in [1.165, 1.54) is 33.4 Å². The van der Waals surface area contributed by atoms with E-state index in [0.29, 0.717) is 23.3 Å². The Morgan fingerprint density at radius 3 is 2.09 bits per heavy atom. The zero-order valence-electron chi connectivity index (χ0n) is 20.1. The van der Waals surface area contributed by atoms with Gasteiger partial charge < -0.3 is 10.6 Å². The van der Waals surface area contributed by atoms with Crippen LogP contribution in [0.3, 0.4) is 0 Å². The minimum absolute atomic E-state index is 0.0334. The van der Waals surface area contributed by atoms with Gasteiger partial charge in [0.05, 0.1) is 4.90 Å². The van der Waals surface area contributed by atoms with E-state index in [1.54, 1.807) is 24.3 Å². The summed E-state index contributed by atoms with van der Waals surface area (Å²) < 4.78 is 26.5. The van der Waals surface area contributed by atoms with Crippen molar-refractivity contribution in [3.63, 3.8) is 0 Å². The van der Waals surface area contributed by atoms with Crippen LogP contribution in [0.25, 0.3) is 0 Å². The zero-order chi connectivity index (χ0) is 24.0. The Bertz CT molecular complexity index is 983. The molecule has 2 N–H and O–H groups in total. The van der Waals surface area contributed by atoms with Gasteiger partial charge in [-0.1, -0.05) is 32.0 Å². The van der Waals surface area contributed by atoms with Crippen molar-refractivity contribution < 1.29 is 18.0 Å². The molecule has 0 aromatic heterocycles. The van der Waals surface area contributed by atoms with Crippen molar-refractivity contribution in [2.45, 2.75) is 69.9 Å². The van der Waals surface area contributed by atoms with Crippen molar-refractivity contribution in [3.8, 4) is 0 Å². The first-order chi connectivity index (χ1) is 15.5. The standard InChI is InChI=1S/C25H37N3O4S/c1-16(2)22(27-24(30)25-12-17-9-18(13-25)11-19(10-17)14-25)23(29)26-15-20-7-5-6-8-21(20)33(31,32)28(3)4/h5-8,16-19,22H,9-15H2,1-4H3,(H,26,29)(H,27,30). The third-order valence-corrected chi connectivity index (χ3v) is 9.86. The lowest BCUT2D eigenvalue weighted by Crippen LogP contribution is -2.58. The third kappa shape index (κ3) is 4.69. The van der Waals surface area contributed by atoms with Crippen LogP contribution < -0.4 is 10.6 Å². The Kier molecular flexibility index (Phi) is 6.62. The lowest BCUT2D eigenvalue weighted by molar-refractivity contribution is -0.149. The van der Waals surface area contributed by atoms with Crippen LogP contribution in [0.2, 0.25) is 0 Å². The number of sulfonamides is 1. The molecule has 33 heavy (non-hydrogen) atoms. The second-order valence-corrected chi connectivity index (χ2v) is 13.1. The molecule has 1 aromatic rings. The molecule has 1 aromatic carbocycles. The third-order valence-electron chi connectivity index (χ3n) is 7.94. The SMILES string of the molecule is CC(C)C(NC(=O)C12CC3CC(CC(C3)C1)C2)C(=O)NCc1ccccc1S(=O)(=O)N(C)C. The van der Waals surface area contributed by atoms with Crippen LogP contribution in [0.5, 0.6) is 0 Å². The quantitative estimate of drug-likeness (QED) is 0.604. The monoisotopic (exact) mass is 475 g/mol. The Hall–Kier alpha value is -1.93. The molecule has 4 bridgehead atoms. The van der Waals surface area contributed by atoms with Gasteiger partial charge in [-0.3, -0.25) is 9.59 Å². The Morgan fingerprint density at radius 2 is 1.58 bits per heavy atom. The summed E-state index contributed by atoms with van der Waals surface area (Å²) in [7, 11) is -0.654. The van der Waals surface area contributed by atoms with Crippen molar-refractivity contribution in [3.05, 3.63) is 29.8 Å². The van der Waals surface area contributed by atoms with E-state index < -0.39 is 16.1 Å². The molecule has 0 aliphatic heterocycles. The average Bonchev–Trinajstić information content (AvgIpc) is 2.74. The summed E-state index contributed by atoms with van der Waals surface area (Å²) in [5, 5.41) is 5.97. The van der Waals surface area contributed by atoms with Crippen LogP contribution in [-0.4, -0.2) is 44.7 Å². The second kappa shape index (κ2) is 9.02. The van der Waals surface area contributed by atoms with Gasteiger partial charge in [-0.2, -0.15) is 0 Å². The summed E-state index contributed by atoms with van der Waals surface area (Å²) in [5.74, 6) is 1.64. The van der Waals surface area contributed by atoms with Crippen LogP contribution in [-0.2, 0) is 26.2 Å². The van der Waals surface area contributed by atoms with Gasteiger partial charge in [0.25, 0.3) is 0 Å². The van der Waals surface area contributed by atoms with Gasteiger partial charge in [-0.25, -0.2) is 12.7 Å². The lowest BCUT2D eigenvalue weighted by Gasteiger charge is -2.55. The van der Waals surface area contributed by atoms with Gasteiger partial charge in [0.15, 0.2) is 0 Å². The minimum atomic E-state index is -3.62. The van der Waals surface area contributed by atoms with E-state index in [1.807, 2.05) is 13.8 Å². The highest BCUT2D eigenvalue weighted by molar-refractivity contribution is 7.89. The van der Waals surface area contributed by atoms with Crippen LogP contribution in [0.4, 0.5) is 0 Å². The number of nitrogens with zero attached hydrogens (tertiary/aromatic N) is 1. The first kappa shape index (κ1) is 24.2. The van der Waals surface area contributed by atoms with E-state index in [-0.39, 0.29) is 34.6 Å². The molecule has 7 nitrogen and oxygen atoms in total. The number of nitrogens with one attached hydrogen (secondary N) is 2. The van der Waals surface area contributed by atoms with Crippen molar-refractivity contribution in [2.75, 3.05) is 14.1 Å². The fraction of sp³-hybridized carbons (Fsp3) is 0.680. The lowest BCUT2D eigenvalue weighted by atomic mass is 9.49. The fourth-order valence-corrected chi connectivity index (χ4v) is 7.72. The molecule has 4 aliphatic carbocycles. The first-order valence-electron chi connectivity index (χ1n) is 12.1. The summed E-state index contributed by atoms with van der Waals surface area (Å²) in [4.78, 5) is 26.8. The maximum Gasteiger partial charge on any atom is 0.243 e. The highest BCUT2D eigenvalue weighted by Crippen LogP contribution is 2.60. The van der Waals surface area contributed by atoms with Gasteiger partial charge in [0, 0.05) is 26.1 Å². The number of benzene rings is 1. The number of carbonyl (C=O) groups excluding carboxylic acids is 2. The van der Waals surface area contributed by atoms with Crippen molar-refractivity contribution >= 4 is 21.8 Å². The summed E-state index contributed by atoms with van der Waals surface area (Å²) in [6.07, 6.45) is 6.63. The summed E-state index contributed by atoms with van der Waals surface area (Å²) in [6.45, 7) is 3.93. The van der Waals surface area contributed by atoms with E-state index in [0.717, 1.165) is 23.6 Å². The van der Waals surface area contributed by atoms with E-state index in [2.05, 4.69) is 10.6 Å². The number of hydrogen-bond acceptors (Lipinski definition) is 4. The highest BCUT2D eigenvalue weighted by atomic mass is 32.2. The maximum atomic E-state index is 13.5. The van der Waals surface area contributed by atoms with Gasteiger partial charge >= 0.3 is 0 Å². The number of hydrogen-bond donors (Lipinski definition) is 2. The normalized spacial score (nSPS) is 29.3. The van der Waals surface area contributed by atoms with Crippen LogP contribution in [0.15, 0.2) is 29.2 Å². The second-order valence-electron chi connectivity index (χ2n) is 11.0. The van der Waals surface area contributed by atoms with E-state index in [4.69, 9.17) is 0 Å². The zero-order valence-corrected chi connectivity index (χ0v) is 21.0. The molecule has 8 heteroatoms. The Balaban J connectivity index is 1.45. The van der Waals surface area contributed by atoms with Gasteiger partial charge in [0.1, 0.15) is 6.04 Å². The molecule has 0 saturated heterocycles. The predicted octanol–water partition coefficient (Wildman–Crippen LogP) is 2.91. The molecule has 0 radical (unpaired) electrons. The molecular formula is C25H37N3O4S. The summed E-state index contributed by atoms with van der Waals surface area (Å²) >= 11 is 0. The smallest absolute Gasteiger partial charge is 0.243 e. The minimum Gasteiger partial charge on any atom is -0.350 e. The summed E-state index contributed by atoms with van der Waals surface area (Å²) in [6, 6.07) is 6.03. The van der Waals surface area contributed by atoms with Crippen LogP contribution >= 0.6 is 0 Å². The number of carbonyl (C=O) groups is 2. The summed E-state index contributed by atoms with van der Waals surface area (Å²) in [5.41, 5.74) is 0.212. The largest absolute Gasteiger partial charge is 0.350 e. The molecule has 1 unspecified atom stereocenters. The maximum absolute atomic E-state index is 13.5. The topological polar surface area (TPSA) is 95.6 Å². The first-order valence-corrected chi connectivity index (χ1v) is 13.5. The molecule has 2 amide bonds. The molecule has 4 aliphatic rings. The van der Waals surface area contributed by atoms with Crippen LogP contribution in [0, 0.1) is 29.1 Å². The molecule has 4 saturated carbocycles. The highest BCUT2D eigenvalue weighted by Gasteiger charge is 2.55. The van der Waals surface area contributed by atoms with E-state index >= 15 is 0 Å². The molecule has 5 rings (SSSR count). The molecule has 4 fully saturated rings. The van der Waals surface area contributed by atoms with Crippen molar-refractivity contribution in [1.82, 2.24) is 14.9 Å². The molecule has 0 heterocycles. The molecule has 182 valence electrons. The molecule has 0 spiro atoms. The van der Waals surface area contributed by atoms with Gasteiger partial charge in [0.2, 0.25) is 21.8 Å².